The molecule has 2 amide bonds. The Bertz CT molecular complexity index is 1240. The molecule has 0 unspecified atom stereocenters. The average Bonchev–Trinajstić information content (AvgIpc) is 2.86. The molecule has 0 spiro atoms. The minimum Gasteiger partial charge on any atom is -0.497 e. The van der Waals surface area contributed by atoms with Crippen LogP contribution in [0.4, 0.5) is 0 Å². The van der Waals surface area contributed by atoms with E-state index in [1.165, 1.54) is 0 Å². The first-order valence-corrected chi connectivity index (χ1v) is 10.3. The molecule has 4 aromatic rings. The molecule has 2 N–H and O–H groups in total. The minimum atomic E-state index is -0.298. The number of benzene rings is 3. The van der Waals surface area contributed by atoms with Gasteiger partial charge in [0.2, 0.25) is 5.91 Å². The van der Waals surface area contributed by atoms with Crippen LogP contribution >= 0.6 is 0 Å². The maximum atomic E-state index is 12.4. The van der Waals surface area contributed by atoms with Crippen molar-refractivity contribution in [2.45, 2.75) is 6.54 Å². The van der Waals surface area contributed by atoms with Crippen molar-refractivity contribution in [2.24, 2.45) is 0 Å². The lowest BCUT2D eigenvalue weighted by Crippen LogP contribution is -2.36. The number of hydrogen-bond acceptors (Lipinski definition) is 4. The molecule has 4 rings (SSSR count). The molecule has 0 fully saturated rings. The molecule has 0 aliphatic carbocycles. The summed E-state index contributed by atoms with van der Waals surface area (Å²) in [4.78, 5) is 28.9. The summed E-state index contributed by atoms with van der Waals surface area (Å²) < 4.78 is 5.11. The normalized spacial score (nSPS) is 10.5. The number of amides is 2. The van der Waals surface area contributed by atoms with Gasteiger partial charge in [-0.2, -0.15) is 0 Å². The summed E-state index contributed by atoms with van der Waals surface area (Å²) >= 11 is 0. The average molecular weight is 425 g/mol. The van der Waals surface area contributed by atoms with Gasteiger partial charge in [0, 0.05) is 29.3 Å². The predicted molar refractivity (Wildman–Crippen MR) is 124 cm³/mol. The highest BCUT2D eigenvalue weighted by Crippen LogP contribution is 2.23. The standard InChI is InChI=1S/C26H23N3O3/c1-32-23-12-6-18(7-13-23)15-28-25(30)17-29-26(31)20-10-8-19(9-11-20)22-14-21-4-2-3-5-24(21)27-16-22/h2-14,16H,15,17H2,1H3,(H,28,30)(H,29,31). The highest BCUT2D eigenvalue weighted by molar-refractivity contribution is 5.97. The molecular weight excluding hydrogens is 402 g/mol. The SMILES string of the molecule is COc1ccc(CNC(=O)CNC(=O)c2ccc(-c3cnc4ccccc4c3)cc2)cc1. The first-order valence-electron chi connectivity index (χ1n) is 10.3. The topological polar surface area (TPSA) is 80.3 Å². The van der Waals surface area contributed by atoms with Crippen LogP contribution in [-0.4, -0.2) is 30.5 Å². The van der Waals surface area contributed by atoms with E-state index in [0.29, 0.717) is 12.1 Å². The number of hydrogen-bond donors (Lipinski definition) is 2. The molecule has 0 bridgehead atoms. The highest BCUT2D eigenvalue weighted by atomic mass is 16.5. The summed E-state index contributed by atoms with van der Waals surface area (Å²) in [6.45, 7) is 0.290. The lowest BCUT2D eigenvalue weighted by molar-refractivity contribution is -0.120. The van der Waals surface area contributed by atoms with Gasteiger partial charge in [0.15, 0.2) is 0 Å². The molecular formula is C26H23N3O3. The zero-order valence-electron chi connectivity index (χ0n) is 17.7. The van der Waals surface area contributed by atoms with Crippen molar-refractivity contribution < 1.29 is 14.3 Å². The first-order chi connectivity index (χ1) is 15.6. The van der Waals surface area contributed by atoms with Crippen molar-refractivity contribution in [3.63, 3.8) is 0 Å². The smallest absolute Gasteiger partial charge is 0.251 e. The van der Waals surface area contributed by atoms with E-state index in [1.807, 2.05) is 66.9 Å². The fraction of sp³-hybridized carbons (Fsp3) is 0.115. The second-order valence-electron chi connectivity index (χ2n) is 7.30. The van der Waals surface area contributed by atoms with Crippen molar-refractivity contribution in [1.29, 1.82) is 0 Å². The van der Waals surface area contributed by atoms with E-state index >= 15 is 0 Å². The van der Waals surface area contributed by atoms with Crippen LogP contribution in [0.2, 0.25) is 0 Å². The lowest BCUT2D eigenvalue weighted by atomic mass is 10.0. The van der Waals surface area contributed by atoms with Crippen LogP contribution in [-0.2, 0) is 11.3 Å². The Morgan fingerprint density at radius 2 is 1.62 bits per heavy atom. The Hall–Kier alpha value is -4.19. The highest BCUT2D eigenvalue weighted by Gasteiger charge is 2.09. The number of para-hydroxylation sites is 1. The van der Waals surface area contributed by atoms with Gasteiger partial charge in [0.05, 0.1) is 19.2 Å². The van der Waals surface area contributed by atoms with Gasteiger partial charge in [-0.25, -0.2) is 0 Å². The first kappa shape index (κ1) is 21.1. The van der Waals surface area contributed by atoms with Crippen LogP contribution in [0, 0.1) is 0 Å². The number of nitrogens with zero attached hydrogens (tertiary/aromatic N) is 1. The second kappa shape index (κ2) is 9.75. The maximum absolute atomic E-state index is 12.4. The molecule has 0 radical (unpaired) electrons. The summed E-state index contributed by atoms with van der Waals surface area (Å²) in [6.07, 6.45) is 1.82. The number of nitrogens with one attached hydrogen (secondary N) is 2. The van der Waals surface area contributed by atoms with E-state index in [9.17, 15) is 9.59 Å². The van der Waals surface area contributed by atoms with Crippen molar-refractivity contribution in [3.8, 4) is 16.9 Å². The van der Waals surface area contributed by atoms with E-state index < -0.39 is 0 Å². The molecule has 0 saturated heterocycles. The number of fused-ring (bicyclic) bond motifs is 1. The van der Waals surface area contributed by atoms with Gasteiger partial charge >= 0.3 is 0 Å². The monoisotopic (exact) mass is 425 g/mol. The summed E-state index contributed by atoms with van der Waals surface area (Å²) in [5.74, 6) is 0.205. The fourth-order valence-corrected chi connectivity index (χ4v) is 3.31. The van der Waals surface area contributed by atoms with Gasteiger partial charge in [0.1, 0.15) is 5.75 Å². The van der Waals surface area contributed by atoms with Gasteiger partial charge in [0.25, 0.3) is 5.91 Å². The van der Waals surface area contributed by atoms with Gasteiger partial charge in [-0.15, -0.1) is 0 Å². The molecule has 1 heterocycles. The number of aromatic nitrogens is 1. The van der Waals surface area contributed by atoms with Crippen molar-refractivity contribution >= 4 is 22.7 Å². The maximum Gasteiger partial charge on any atom is 0.251 e. The van der Waals surface area contributed by atoms with Gasteiger partial charge in [-0.1, -0.05) is 42.5 Å². The van der Waals surface area contributed by atoms with Crippen LogP contribution in [0.15, 0.2) is 85.1 Å². The lowest BCUT2D eigenvalue weighted by Gasteiger charge is -2.09. The zero-order chi connectivity index (χ0) is 22.3. The van der Waals surface area contributed by atoms with Crippen molar-refractivity contribution in [2.75, 3.05) is 13.7 Å². The van der Waals surface area contributed by atoms with Crippen LogP contribution in [0.1, 0.15) is 15.9 Å². The Balaban J connectivity index is 1.30. The number of methoxy groups -OCH3 is 1. The zero-order valence-corrected chi connectivity index (χ0v) is 17.7. The molecule has 6 heteroatoms. The van der Waals surface area contributed by atoms with Crippen molar-refractivity contribution in [3.05, 3.63) is 96.2 Å². The number of pyridine rings is 1. The Morgan fingerprint density at radius 3 is 2.38 bits per heavy atom. The Morgan fingerprint density at radius 1 is 0.875 bits per heavy atom. The number of carbonyl (C=O) groups is 2. The van der Waals surface area contributed by atoms with Crippen LogP contribution in [0.3, 0.4) is 0 Å². The molecule has 160 valence electrons. The van der Waals surface area contributed by atoms with Gasteiger partial charge in [-0.3, -0.25) is 14.6 Å². The largest absolute Gasteiger partial charge is 0.497 e. The molecule has 0 saturated carbocycles. The van der Waals surface area contributed by atoms with E-state index in [2.05, 4.69) is 21.7 Å². The molecule has 3 aromatic carbocycles. The molecule has 1 aromatic heterocycles. The molecule has 32 heavy (non-hydrogen) atoms. The summed E-state index contributed by atoms with van der Waals surface area (Å²) in [5, 5.41) is 6.50. The third-order valence-corrected chi connectivity index (χ3v) is 5.13. The number of rotatable bonds is 7. The molecule has 0 aliphatic rings. The van der Waals surface area contributed by atoms with E-state index in [-0.39, 0.29) is 18.4 Å². The third-order valence-electron chi connectivity index (χ3n) is 5.13. The van der Waals surface area contributed by atoms with Gasteiger partial charge in [-0.05, 0) is 47.5 Å². The molecule has 0 atom stereocenters. The minimum absolute atomic E-state index is 0.0919. The van der Waals surface area contributed by atoms with Crippen LogP contribution in [0.5, 0.6) is 5.75 Å². The fourth-order valence-electron chi connectivity index (χ4n) is 3.31. The molecule has 0 aliphatic heterocycles. The second-order valence-corrected chi connectivity index (χ2v) is 7.30. The van der Waals surface area contributed by atoms with Crippen LogP contribution < -0.4 is 15.4 Å². The third kappa shape index (κ3) is 5.10. The number of ether oxygens (including phenoxy) is 1. The van der Waals surface area contributed by atoms with Gasteiger partial charge < -0.3 is 15.4 Å². The van der Waals surface area contributed by atoms with E-state index in [0.717, 1.165) is 33.3 Å². The van der Waals surface area contributed by atoms with Crippen molar-refractivity contribution in [1.82, 2.24) is 15.6 Å². The number of carbonyl (C=O) groups excluding carboxylic acids is 2. The summed E-state index contributed by atoms with van der Waals surface area (Å²) in [5.41, 5.74) is 4.33. The van der Waals surface area contributed by atoms with E-state index in [4.69, 9.17) is 4.74 Å². The quantitative estimate of drug-likeness (QED) is 0.470. The Labute approximate surface area is 186 Å². The Kier molecular flexibility index (Phi) is 6.41. The van der Waals surface area contributed by atoms with E-state index in [1.54, 1.807) is 19.2 Å². The molecule has 6 nitrogen and oxygen atoms in total. The summed E-state index contributed by atoms with van der Waals surface area (Å²) in [6, 6.07) is 24.7. The predicted octanol–water partition coefficient (Wildman–Crippen LogP) is 3.96. The van der Waals surface area contributed by atoms with Crippen LogP contribution in [0.25, 0.3) is 22.0 Å². The summed E-state index contributed by atoms with van der Waals surface area (Å²) in [7, 11) is 1.60.